The first-order valence-corrected chi connectivity index (χ1v) is 5.42. The van der Waals surface area contributed by atoms with Crippen LogP contribution in [0.1, 0.15) is 39.5 Å². The maximum Gasteiger partial charge on any atom is 0.146 e. The van der Waals surface area contributed by atoms with E-state index < -0.39 is 0 Å². The molecule has 0 bridgehead atoms. The zero-order chi connectivity index (χ0) is 9.68. The fourth-order valence-corrected chi connectivity index (χ4v) is 2.32. The van der Waals surface area contributed by atoms with Gasteiger partial charge in [-0.1, -0.05) is 26.7 Å². The van der Waals surface area contributed by atoms with Crippen LogP contribution in [0, 0.1) is 11.8 Å². The van der Waals surface area contributed by atoms with Crippen molar-refractivity contribution in [2.24, 2.45) is 11.8 Å². The van der Waals surface area contributed by atoms with Crippen LogP contribution in [0.25, 0.3) is 0 Å². The molecule has 1 aliphatic rings. The molecule has 0 aliphatic heterocycles. The lowest BCUT2D eigenvalue weighted by molar-refractivity contribution is -0.0844. The molecule has 3 unspecified atom stereocenters. The molecule has 0 N–H and O–H groups in total. The van der Waals surface area contributed by atoms with Gasteiger partial charge in [0.15, 0.2) is 0 Å². The molecule has 0 amide bonds. The summed E-state index contributed by atoms with van der Waals surface area (Å²) in [5.74, 6) is 1.65. The molecular weight excluding hydrogens is 164 g/mol. The second-order valence-electron chi connectivity index (χ2n) is 4.03. The third-order valence-corrected chi connectivity index (χ3v) is 3.23. The van der Waals surface area contributed by atoms with E-state index in [4.69, 9.17) is 9.47 Å². The second kappa shape index (κ2) is 5.61. The molecule has 0 radical (unpaired) electrons. The van der Waals surface area contributed by atoms with Gasteiger partial charge < -0.3 is 9.47 Å². The smallest absolute Gasteiger partial charge is 0.146 e. The Bertz CT molecular complexity index is 136. The van der Waals surface area contributed by atoms with Crippen LogP contribution in [0.2, 0.25) is 0 Å². The van der Waals surface area contributed by atoms with Crippen LogP contribution in [0.5, 0.6) is 0 Å². The van der Waals surface area contributed by atoms with Gasteiger partial charge in [-0.25, -0.2) is 0 Å². The fourth-order valence-electron chi connectivity index (χ4n) is 2.32. The summed E-state index contributed by atoms with van der Waals surface area (Å²) in [7, 11) is 1.69. The zero-order valence-corrected chi connectivity index (χ0v) is 9.08. The first-order valence-electron chi connectivity index (χ1n) is 5.42. The summed E-state index contributed by atoms with van der Waals surface area (Å²) in [6.45, 7) is 4.99. The highest BCUT2D eigenvalue weighted by Gasteiger charge is 2.32. The van der Waals surface area contributed by atoms with Crippen LogP contribution in [0.15, 0.2) is 0 Å². The summed E-state index contributed by atoms with van der Waals surface area (Å²) in [5.41, 5.74) is 0. The summed E-state index contributed by atoms with van der Waals surface area (Å²) in [4.78, 5) is 0. The SMILES string of the molecule is CCC1CC(CC)C(OCOC)C1. The quantitative estimate of drug-likeness (QED) is 0.615. The highest BCUT2D eigenvalue weighted by molar-refractivity contribution is 4.82. The Balaban J connectivity index is 2.33. The van der Waals surface area contributed by atoms with Gasteiger partial charge in [0, 0.05) is 7.11 Å². The molecule has 13 heavy (non-hydrogen) atoms. The van der Waals surface area contributed by atoms with Crippen molar-refractivity contribution < 1.29 is 9.47 Å². The normalized spacial score (nSPS) is 33.9. The van der Waals surface area contributed by atoms with Crippen molar-refractivity contribution in [2.75, 3.05) is 13.9 Å². The highest BCUT2D eigenvalue weighted by Crippen LogP contribution is 2.36. The standard InChI is InChI=1S/C11H22O2/c1-4-9-6-10(5-2)11(7-9)13-8-12-3/h9-11H,4-8H2,1-3H3. The molecule has 0 heterocycles. The Hall–Kier alpha value is -0.0800. The lowest BCUT2D eigenvalue weighted by Gasteiger charge is -2.17. The molecular formula is C11H22O2. The van der Waals surface area contributed by atoms with Crippen molar-refractivity contribution >= 4 is 0 Å². The Morgan fingerprint density at radius 3 is 2.46 bits per heavy atom. The lowest BCUT2D eigenvalue weighted by Crippen LogP contribution is -2.18. The predicted molar refractivity (Wildman–Crippen MR) is 53.5 cm³/mol. The molecule has 0 aromatic carbocycles. The highest BCUT2D eigenvalue weighted by atomic mass is 16.7. The maximum atomic E-state index is 5.67. The Morgan fingerprint density at radius 2 is 1.92 bits per heavy atom. The van der Waals surface area contributed by atoms with Gasteiger partial charge in [0.25, 0.3) is 0 Å². The van der Waals surface area contributed by atoms with E-state index in [1.165, 1.54) is 25.7 Å². The molecule has 0 saturated heterocycles. The van der Waals surface area contributed by atoms with Gasteiger partial charge in [-0.05, 0) is 24.7 Å². The van der Waals surface area contributed by atoms with Crippen molar-refractivity contribution in [1.82, 2.24) is 0 Å². The van der Waals surface area contributed by atoms with Crippen LogP contribution >= 0.6 is 0 Å². The van der Waals surface area contributed by atoms with Gasteiger partial charge in [-0.3, -0.25) is 0 Å². The van der Waals surface area contributed by atoms with Crippen molar-refractivity contribution in [3.8, 4) is 0 Å². The van der Waals surface area contributed by atoms with E-state index in [2.05, 4.69) is 13.8 Å². The zero-order valence-electron chi connectivity index (χ0n) is 9.08. The largest absolute Gasteiger partial charge is 0.359 e. The van der Waals surface area contributed by atoms with Crippen LogP contribution in [0.3, 0.4) is 0 Å². The van der Waals surface area contributed by atoms with Crippen molar-refractivity contribution in [3.63, 3.8) is 0 Å². The number of hydrogen-bond acceptors (Lipinski definition) is 2. The molecule has 2 heteroatoms. The topological polar surface area (TPSA) is 18.5 Å². The van der Waals surface area contributed by atoms with E-state index in [-0.39, 0.29) is 0 Å². The fraction of sp³-hybridized carbons (Fsp3) is 1.00. The molecule has 1 saturated carbocycles. The van der Waals surface area contributed by atoms with E-state index in [1.54, 1.807) is 7.11 Å². The van der Waals surface area contributed by atoms with Gasteiger partial charge in [-0.15, -0.1) is 0 Å². The number of methoxy groups -OCH3 is 1. The van der Waals surface area contributed by atoms with E-state index >= 15 is 0 Å². The Morgan fingerprint density at radius 1 is 1.15 bits per heavy atom. The average molecular weight is 186 g/mol. The number of hydrogen-bond donors (Lipinski definition) is 0. The summed E-state index contributed by atoms with van der Waals surface area (Å²) >= 11 is 0. The van der Waals surface area contributed by atoms with Crippen LogP contribution in [-0.2, 0) is 9.47 Å². The number of rotatable bonds is 5. The molecule has 0 spiro atoms. The molecule has 1 aliphatic carbocycles. The lowest BCUT2D eigenvalue weighted by atomic mass is 10.0. The minimum atomic E-state index is 0.454. The molecule has 1 rings (SSSR count). The maximum absolute atomic E-state index is 5.67. The minimum Gasteiger partial charge on any atom is -0.359 e. The molecule has 0 aromatic rings. The third-order valence-electron chi connectivity index (χ3n) is 3.23. The van der Waals surface area contributed by atoms with Gasteiger partial charge in [0.2, 0.25) is 0 Å². The van der Waals surface area contributed by atoms with E-state index in [0.717, 1.165) is 11.8 Å². The van der Waals surface area contributed by atoms with Crippen molar-refractivity contribution in [3.05, 3.63) is 0 Å². The summed E-state index contributed by atoms with van der Waals surface area (Å²) in [6, 6.07) is 0. The first kappa shape index (κ1) is 11.0. The van der Waals surface area contributed by atoms with E-state index in [1.807, 2.05) is 0 Å². The van der Waals surface area contributed by atoms with Crippen LogP contribution < -0.4 is 0 Å². The first-order chi connectivity index (χ1) is 6.31. The average Bonchev–Trinajstić information content (AvgIpc) is 2.57. The Kier molecular flexibility index (Phi) is 4.74. The summed E-state index contributed by atoms with van der Waals surface area (Å²) in [5, 5.41) is 0. The van der Waals surface area contributed by atoms with Gasteiger partial charge >= 0.3 is 0 Å². The van der Waals surface area contributed by atoms with Crippen molar-refractivity contribution in [1.29, 1.82) is 0 Å². The molecule has 2 nitrogen and oxygen atoms in total. The summed E-state index contributed by atoms with van der Waals surface area (Å²) < 4.78 is 10.6. The van der Waals surface area contributed by atoms with Crippen LogP contribution in [0.4, 0.5) is 0 Å². The summed E-state index contributed by atoms with van der Waals surface area (Å²) in [6.07, 6.45) is 5.57. The molecule has 3 atom stereocenters. The van der Waals surface area contributed by atoms with Gasteiger partial charge in [0.1, 0.15) is 6.79 Å². The van der Waals surface area contributed by atoms with E-state index in [0.29, 0.717) is 12.9 Å². The van der Waals surface area contributed by atoms with Crippen LogP contribution in [-0.4, -0.2) is 20.0 Å². The molecule has 78 valence electrons. The number of ether oxygens (including phenoxy) is 2. The van der Waals surface area contributed by atoms with Gasteiger partial charge in [0.05, 0.1) is 6.10 Å². The van der Waals surface area contributed by atoms with Crippen molar-refractivity contribution in [2.45, 2.75) is 45.6 Å². The second-order valence-corrected chi connectivity index (χ2v) is 4.03. The predicted octanol–water partition coefficient (Wildman–Crippen LogP) is 2.82. The Labute approximate surface area is 81.6 Å². The minimum absolute atomic E-state index is 0.454. The van der Waals surface area contributed by atoms with Gasteiger partial charge in [-0.2, -0.15) is 0 Å². The molecule has 0 aromatic heterocycles. The molecule has 1 fully saturated rings. The monoisotopic (exact) mass is 186 g/mol. The van der Waals surface area contributed by atoms with E-state index in [9.17, 15) is 0 Å². The third kappa shape index (κ3) is 2.96.